The molecule has 0 spiro atoms. The van der Waals surface area contributed by atoms with Gasteiger partial charge in [-0.25, -0.2) is 9.78 Å². The van der Waals surface area contributed by atoms with Crippen molar-refractivity contribution in [1.29, 1.82) is 0 Å². The average molecular weight is 314 g/mol. The van der Waals surface area contributed by atoms with E-state index in [1.807, 2.05) is 22.0 Å². The van der Waals surface area contributed by atoms with Gasteiger partial charge >= 0.3 is 6.03 Å². The van der Waals surface area contributed by atoms with Crippen LogP contribution in [-0.4, -0.2) is 37.2 Å². The molecule has 7 heteroatoms. The summed E-state index contributed by atoms with van der Waals surface area (Å²) in [7, 11) is 0. The molecule has 1 unspecified atom stereocenters. The van der Waals surface area contributed by atoms with Gasteiger partial charge < -0.3 is 15.2 Å². The first-order valence-electron chi connectivity index (χ1n) is 8.39. The third-order valence-electron chi connectivity index (χ3n) is 4.63. The van der Waals surface area contributed by atoms with Crippen LogP contribution in [0.3, 0.4) is 0 Å². The summed E-state index contributed by atoms with van der Waals surface area (Å²) in [6.45, 7) is 1.71. The summed E-state index contributed by atoms with van der Waals surface area (Å²) in [5.74, 6) is 1.63. The number of anilines is 1. The Morgan fingerprint density at radius 2 is 2.26 bits per heavy atom. The van der Waals surface area contributed by atoms with Crippen molar-refractivity contribution in [2.45, 2.75) is 44.7 Å². The summed E-state index contributed by atoms with van der Waals surface area (Å²) < 4.78 is 1.92. The molecule has 1 saturated heterocycles. The molecule has 1 atom stereocenters. The molecule has 1 aliphatic carbocycles. The van der Waals surface area contributed by atoms with Gasteiger partial charge in [-0.3, -0.25) is 4.68 Å². The highest BCUT2D eigenvalue weighted by molar-refractivity contribution is 5.89. The second kappa shape index (κ2) is 6.06. The summed E-state index contributed by atoms with van der Waals surface area (Å²) in [4.78, 5) is 22.0. The van der Waals surface area contributed by atoms with Crippen LogP contribution in [0.1, 0.15) is 44.0 Å². The number of amides is 2. The van der Waals surface area contributed by atoms with E-state index in [0.717, 1.165) is 49.8 Å². The number of nitrogens with zero attached hydrogens (tertiary/aromatic N) is 4. The van der Waals surface area contributed by atoms with Gasteiger partial charge in [0.05, 0.1) is 17.9 Å². The van der Waals surface area contributed by atoms with Crippen LogP contribution < -0.4 is 5.32 Å². The third-order valence-corrected chi connectivity index (χ3v) is 4.63. The van der Waals surface area contributed by atoms with Crippen molar-refractivity contribution in [2.75, 3.05) is 11.9 Å². The number of urea groups is 1. The number of likely N-dealkylation sites (tertiary alicyclic amines) is 1. The zero-order valence-electron chi connectivity index (χ0n) is 13.1. The fraction of sp³-hybridized carbons (Fsp3) is 0.562. The maximum atomic E-state index is 12.7. The molecule has 23 heavy (non-hydrogen) atoms. The molecule has 2 amide bonds. The number of piperidine rings is 1. The van der Waals surface area contributed by atoms with Gasteiger partial charge in [0, 0.05) is 31.7 Å². The van der Waals surface area contributed by atoms with Crippen molar-refractivity contribution in [3.8, 4) is 0 Å². The third kappa shape index (κ3) is 3.23. The highest BCUT2D eigenvalue weighted by atomic mass is 16.2. The van der Waals surface area contributed by atoms with Crippen LogP contribution in [0.5, 0.6) is 0 Å². The second-order valence-electron chi connectivity index (χ2n) is 6.50. The topological polar surface area (TPSA) is 78.8 Å². The minimum Gasteiger partial charge on any atom is -0.347 e. The summed E-state index contributed by atoms with van der Waals surface area (Å²) in [6.07, 6.45) is 12.9. The van der Waals surface area contributed by atoms with E-state index in [2.05, 4.69) is 20.4 Å². The van der Waals surface area contributed by atoms with E-state index in [1.54, 1.807) is 12.4 Å². The Bertz CT molecular complexity index is 660. The molecule has 2 N–H and O–H groups in total. The van der Waals surface area contributed by atoms with Gasteiger partial charge in [0.25, 0.3) is 0 Å². The zero-order valence-corrected chi connectivity index (χ0v) is 13.1. The summed E-state index contributed by atoms with van der Waals surface area (Å²) in [5, 5.41) is 7.31. The van der Waals surface area contributed by atoms with E-state index in [1.165, 1.54) is 12.8 Å². The Morgan fingerprint density at radius 1 is 1.35 bits per heavy atom. The standard InChI is InChI=1S/C16H22N6O/c23-16(20-13-9-19-21(11-13)10-12-4-5-12)22-8-2-1-3-14(22)15-17-6-7-18-15/h6-7,9,11-12,14H,1-5,8,10H2,(H,17,18)(H,20,23). The molecule has 0 aromatic carbocycles. The fourth-order valence-electron chi connectivity index (χ4n) is 3.21. The number of nitrogens with one attached hydrogen (secondary N) is 2. The van der Waals surface area contributed by atoms with Gasteiger partial charge in [0.15, 0.2) is 0 Å². The Kier molecular flexibility index (Phi) is 3.77. The molecule has 1 aliphatic heterocycles. The average Bonchev–Trinajstić information content (AvgIpc) is 3.03. The van der Waals surface area contributed by atoms with Gasteiger partial charge in [-0.05, 0) is 38.0 Å². The molecule has 2 aromatic rings. The highest BCUT2D eigenvalue weighted by Crippen LogP contribution is 2.31. The van der Waals surface area contributed by atoms with Crippen molar-refractivity contribution >= 4 is 11.7 Å². The van der Waals surface area contributed by atoms with Crippen molar-refractivity contribution < 1.29 is 4.79 Å². The van der Waals surface area contributed by atoms with Gasteiger partial charge in [-0.2, -0.15) is 5.10 Å². The monoisotopic (exact) mass is 314 g/mol. The van der Waals surface area contributed by atoms with E-state index < -0.39 is 0 Å². The van der Waals surface area contributed by atoms with Gasteiger partial charge in [-0.1, -0.05) is 0 Å². The summed E-state index contributed by atoms with van der Waals surface area (Å²) >= 11 is 0. The second-order valence-corrected chi connectivity index (χ2v) is 6.50. The lowest BCUT2D eigenvalue weighted by Crippen LogP contribution is -2.41. The lowest BCUT2D eigenvalue weighted by atomic mass is 10.0. The number of imidazole rings is 1. The van der Waals surface area contributed by atoms with Gasteiger partial charge in [-0.15, -0.1) is 0 Å². The first kappa shape index (κ1) is 14.3. The largest absolute Gasteiger partial charge is 0.347 e. The van der Waals surface area contributed by atoms with Crippen LogP contribution >= 0.6 is 0 Å². The number of aromatic nitrogens is 4. The van der Waals surface area contributed by atoms with Crippen molar-refractivity contribution in [2.24, 2.45) is 5.92 Å². The minimum atomic E-state index is -0.0722. The number of hydrogen-bond acceptors (Lipinski definition) is 3. The minimum absolute atomic E-state index is 0.0280. The molecule has 0 bridgehead atoms. The molecular formula is C16H22N6O. The van der Waals surface area contributed by atoms with Crippen molar-refractivity contribution in [3.05, 3.63) is 30.6 Å². The van der Waals surface area contributed by atoms with E-state index in [0.29, 0.717) is 0 Å². The predicted octanol–water partition coefficient (Wildman–Crippen LogP) is 2.78. The Labute approximate surface area is 135 Å². The van der Waals surface area contributed by atoms with Crippen LogP contribution in [0.25, 0.3) is 0 Å². The molecule has 2 fully saturated rings. The Balaban J connectivity index is 1.43. The van der Waals surface area contributed by atoms with E-state index >= 15 is 0 Å². The Hall–Kier alpha value is -2.31. The SMILES string of the molecule is O=C(Nc1cnn(CC2CC2)c1)N1CCCCC1c1ncc[nH]1. The fourth-order valence-corrected chi connectivity index (χ4v) is 3.21. The number of hydrogen-bond donors (Lipinski definition) is 2. The summed E-state index contributed by atoms with van der Waals surface area (Å²) in [5.41, 5.74) is 0.763. The first-order valence-corrected chi connectivity index (χ1v) is 8.39. The molecule has 122 valence electrons. The molecule has 3 heterocycles. The van der Waals surface area contributed by atoms with Gasteiger partial charge in [0.1, 0.15) is 5.82 Å². The maximum Gasteiger partial charge on any atom is 0.322 e. The van der Waals surface area contributed by atoms with E-state index in [9.17, 15) is 4.79 Å². The van der Waals surface area contributed by atoms with E-state index in [4.69, 9.17) is 0 Å². The zero-order chi connectivity index (χ0) is 15.6. The smallest absolute Gasteiger partial charge is 0.322 e. The number of carbonyl (C=O) groups is 1. The number of H-pyrrole nitrogens is 1. The number of rotatable bonds is 4. The lowest BCUT2D eigenvalue weighted by molar-refractivity contribution is 0.160. The molecule has 2 aromatic heterocycles. The summed E-state index contributed by atoms with van der Waals surface area (Å²) in [6, 6.07) is -0.0441. The lowest BCUT2D eigenvalue weighted by Gasteiger charge is -2.34. The maximum absolute atomic E-state index is 12.7. The van der Waals surface area contributed by atoms with Crippen LogP contribution in [0.4, 0.5) is 10.5 Å². The molecule has 4 rings (SSSR count). The predicted molar refractivity (Wildman–Crippen MR) is 85.9 cm³/mol. The van der Waals surface area contributed by atoms with Crippen LogP contribution in [0.15, 0.2) is 24.8 Å². The van der Waals surface area contributed by atoms with Crippen LogP contribution in [0, 0.1) is 5.92 Å². The van der Waals surface area contributed by atoms with E-state index in [-0.39, 0.29) is 12.1 Å². The number of aromatic amines is 1. The van der Waals surface area contributed by atoms with Gasteiger partial charge in [0.2, 0.25) is 0 Å². The highest BCUT2D eigenvalue weighted by Gasteiger charge is 2.30. The molecular weight excluding hydrogens is 292 g/mol. The molecule has 2 aliphatic rings. The molecule has 1 saturated carbocycles. The molecule has 0 radical (unpaired) electrons. The Morgan fingerprint density at radius 3 is 3.04 bits per heavy atom. The quantitative estimate of drug-likeness (QED) is 0.910. The molecule has 7 nitrogen and oxygen atoms in total. The van der Waals surface area contributed by atoms with Crippen molar-refractivity contribution in [1.82, 2.24) is 24.6 Å². The number of carbonyl (C=O) groups excluding carboxylic acids is 1. The van der Waals surface area contributed by atoms with Crippen LogP contribution in [-0.2, 0) is 6.54 Å². The normalized spacial score (nSPS) is 21.4. The first-order chi connectivity index (χ1) is 11.3. The van der Waals surface area contributed by atoms with Crippen molar-refractivity contribution in [3.63, 3.8) is 0 Å². The van der Waals surface area contributed by atoms with Crippen LogP contribution in [0.2, 0.25) is 0 Å².